The average molecular weight is 208 g/mol. The third-order valence-corrected chi connectivity index (χ3v) is 1.68. The fourth-order valence-corrected chi connectivity index (χ4v) is 1.16. The molecule has 0 aliphatic heterocycles. The summed E-state index contributed by atoms with van der Waals surface area (Å²) in [6, 6.07) is 5.78. The van der Waals surface area contributed by atoms with Crippen LogP contribution in [-0.4, -0.2) is 17.1 Å². The van der Waals surface area contributed by atoms with Crippen LogP contribution < -0.4 is 10.1 Å². The Morgan fingerprint density at radius 3 is 2.67 bits per heavy atom. The fraction of sp³-hybridized carbons (Fsp3) is 0.583. The van der Waals surface area contributed by atoms with Crippen molar-refractivity contribution in [2.75, 3.05) is 11.9 Å². The standard InChI is InChI=1S/C12H20N2O/c1-5-9-15-11-8-6-7-10(13-11)14-12(2,3)4/h6-8H,5,9H2,1-4H3,(H,13,14). The first-order chi connectivity index (χ1) is 7.01. The van der Waals surface area contributed by atoms with Crippen LogP contribution >= 0.6 is 0 Å². The molecule has 1 N–H and O–H groups in total. The van der Waals surface area contributed by atoms with Gasteiger partial charge in [0.05, 0.1) is 6.61 Å². The lowest BCUT2D eigenvalue weighted by Crippen LogP contribution is -2.26. The van der Waals surface area contributed by atoms with Crippen LogP contribution in [0.4, 0.5) is 5.82 Å². The van der Waals surface area contributed by atoms with E-state index in [-0.39, 0.29) is 5.54 Å². The Bertz CT molecular complexity index is 305. The van der Waals surface area contributed by atoms with Gasteiger partial charge in [-0.05, 0) is 33.3 Å². The van der Waals surface area contributed by atoms with Crippen LogP contribution in [0.3, 0.4) is 0 Å². The molecule has 0 aliphatic rings. The summed E-state index contributed by atoms with van der Waals surface area (Å²) in [7, 11) is 0. The van der Waals surface area contributed by atoms with E-state index < -0.39 is 0 Å². The van der Waals surface area contributed by atoms with Crippen molar-refractivity contribution in [1.82, 2.24) is 4.98 Å². The summed E-state index contributed by atoms with van der Waals surface area (Å²) in [5, 5.41) is 3.31. The highest BCUT2D eigenvalue weighted by atomic mass is 16.5. The first kappa shape index (κ1) is 11.8. The van der Waals surface area contributed by atoms with Crippen LogP contribution in [0.15, 0.2) is 18.2 Å². The smallest absolute Gasteiger partial charge is 0.215 e. The molecule has 0 saturated heterocycles. The van der Waals surface area contributed by atoms with Crippen molar-refractivity contribution < 1.29 is 4.74 Å². The van der Waals surface area contributed by atoms with Gasteiger partial charge in [0.25, 0.3) is 0 Å². The molecule has 0 amide bonds. The molecule has 0 fully saturated rings. The van der Waals surface area contributed by atoms with Gasteiger partial charge < -0.3 is 10.1 Å². The van der Waals surface area contributed by atoms with Gasteiger partial charge >= 0.3 is 0 Å². The van der Waals surface area contributed by atoms with E-state index in [2.05, 4.69) is 38.0 Å². The molecular formula is C12H20N2O. The van der Waals surface area contributed by atoms with Crippen molar-refractivity contribution in [3.63, 3.8) is 0 Å². The van der Waals surface area contributed by atoms with Gasteiger partial charge in [-0.15, -0.1) is 0 Å². The zero-order valence-corrected chi connectivity index (χ0v) is 10.0. The Morgan fingerprint density at radius 1 is 1.33 bits per heavy atom. The third-order valence-electron chi connectivity index (χ3n) is 1.68. The Kier molecular flexibility index (Phi) is 3.95. The molecule has 3 heteroatoms. The van der Waals surface area contributed by atoms with Gasteiger partial charge in [0, 0.05) is 11.6 Å². The maximum atomic E-state index is 5.46. The zero-order chi connectivity index (χ0) is 11.3. The molecule has 1 aromatic heterocycles. The Hall–Kier alpha value is -1.25. The summed E-state index contributed by atoms with van der Waals surface area (Å²) in [4.78, 5) is 4.36. The highest BCUT2D eigenvalue weighted by Gasteiger charge is 2.10. The molecule has 0 spiro atoms. The van der Waals surface area contributed by atoms with Gasteiger partial charge in [0.1, 0.15) is 5.82 Å². The largest absolute Gasteiger partial charge is 0.478 e. The van der Waals surface area contributed by atoms with Crippen molar-refractivity contribution in [3.8, 4) is 5.88 Å². The van der Waals surface area contributed by atoms with E-state index in [1.54, 1.807) is 0 Å². The number of anilines is 1. The summed E-state index contributed by atoms with van der Waals surface area (Å²) in [6.45, 7) is 9.11. The van der Waals surface area contributed by atoms with Gasteiger partial charge in [-0.25, -0.2) is 0 Å². The molecule has 84 valence electrons. The minimum atomic E-state index is 0.0242. The van der Waals surface area contributed by atoms with Gasteiger partial charge in [-0.1, -0.05) is 13.0 Å². The molecule has 1 aromatic rings. The fourth-order valence-electron chi connectivity index (χ4n) is 1.16. The van der Waals surface area contributed by atoms with Crippen LogP contribution in [0.2, 0.25) is 0 Å². The maximum Gasteiger partial charge on any atom is 0.215 e. The van der Waals surface area contributed by atoms with Crippen molar-refractivity contribution in [3.05, 3.63) is 18.2 Å². The molecule has 3 nitrogen and oxygen atoms in total. The van der Waals surface area contributed by atoms with Crippen LogP contribution in [0.25, 0.3) is 0 Å². The highest BCUT2D eigenvalue weighted by molar-refractivity contribution is 5.39. The number of pyridine rings is 1. The number of hydrogen-bond donors (Lipinski definition) is 1. The monoisotopic (exact) mass is 208 g/mol. The van der Waals surface area contributed by atoms with E-state index in [1.807, 2.05) is 18.2 Å². The Morgan fingerprint density at radius 2 is 2.07 bits per heavy atom. The number of ether oxygens (including phenoxy) is 1. The lowest BCUT2D eigenvalue weighted by atomic mass is 10.1. The average Bonchev–Trinajstić information content (AvgIpc) is 2.12. The van der Waals surface area contributed by atoms with Crippen LogP contribution in [0, 0.1) is 0 Å². The van der Waals surface area contributed by atoms with Gasteiger partial charge in [0.2, 0.25) is 5.88 Å². The Balaban J connectivity index is 2.66. The molecular weight excluding hydrogens is 188 g/mol. The topological polar surface area (TPSA) is 34.1 Å². The van der Waals surface area contributed by atoms with Gasteiger partial charge in [0.15, 0.2) is 0 Å². The lowest BCUT2D eigenvalue weighted by molar-refractivity contribution is 0.305. The molecule has 0 radical (unpaired) electrons. The summed E-state index contributed by atoms with van der Waals surface area (Å²) in [5.41, 5.74) is 0.0242. The molecule has 0 aromatic carbocycles. The van der Waals surface area contributed by atoms with Crippen LogP contribution in [0.1, 0.15) is 34.1 Å². The van der Waals surface area contributed by atoms with Crippen molar-refractivity contribution in [2.45, 2.75) is 39.7 Å². The molecule has 0 bridgehead atoms. The van der Waals surface area contributed by atoms with E-state index in [0.717, 1.165) is 12.2 Å². The van der Waals surface area contributed by atoms with Crippen LogP contribution in [0.5, 0.6) is 5.88 Å². The van der Waals surface area contributed by atoms with E-state index in [0.29, 0.717) is 12.5 Å². The van der Waals surface area contributed by atoms with E-state index in [1.165, 1.54) is 0 Å². The summed E-state index contributed by atoms with van der Waals surface area (Å²) in [6.07, 6.45) is 0.999. The Labute approximate surface area is 91.9 Å². The first-order valence-electron chi connectivity index (χ1n) is 5.39. The quantitative estimate of drug-likeness (QED) is 0.825. The number of nitrogens with one attached hydrogen (secondary N) is 1. The molecule has 0 aliphatic carbocycles. The molecule has 15 heavy (non-hydrogen) atoms. The zero-order valence-electron chi connectivity index (χ0n) is 10.0. The lowest BCUT2D eigenvalue weighted by Gasteiger charge is -2.21. The minimum Gasteiger partial charge on any atom is -0.478 e. The third kappa shape index (κ3) is 4.68. The molecule has 0 saturated carbocycles. The predicted molar refractivity (Wildman–Crippen MR) is 63.4 cm³/mol. The predicted octanol–water partition coefficient (Wildman–Crippen LogP) is 3.08. The van der Waals surface area contributed by atoms with E-state index >= 15 is 0 Å². The summed E-state index contributed by atoms with van der Waals surface area (Å²) >= 11 is 0. The first-order valence-corrected chi connectivity index (χ1v) is 5.39. The second-order valence-corrected chi connectivity index (χ2v) is 4.58. The minimum absolute atomic E-state index is 0.0242. The number of rotatable bonds is 4. The highest BCUT2D eigenvalue weighted by Crippen LogP contribution is 2.15. The molecule has 0 atom stereocenters. The number of hydrogen-bond acceptors (Lipinski definition) is 3. The number of aromatic nitrogens is 1. The van der Waals surface area contributed by atoms with Gasteiger partial charge in [-0.2, -0.15) is 4.98 Å². The second kappa shape index (κ2) is 5.01. The van der Waals surface area contributed by atoms with E-state index in [9.17, 15) is 0 Å². The van der Waals surface area contributed by atoms with Crippen molar-refractivity contribution >= 4 is 5.82 Å². The SMILES string of the molecule is CCCOc1cccc(NC(C)(C)C)n1. The number of nitrogens with zero attached hydrogens (tertiary/aromatic N) is 1. The van der Waals surface area contributed by atoms with Crippen molar-refractivity contribution in [1.29, 1.82) is 0 Å². The van der Waals surface area contributed by atoms with Gasteiger partial charge in [-0.3, -0.25) is 0 Å². The normalized spacial score (nSPS) is 11.2. The van der Waals surface area contributed by atoms with Crippen LogP contribution in [-0.2, 0) is 0 Å². The second-order valence-electron chi connectivity index (χ2n) is 4.58. The summed E-state index contributed by atoms with van der Waals surface area (Å²) in [5.74, 6) is 1.54. The molecule has 1 heterocycles. The van der Waals surface area contributed by atoms with E-state index in [4.69, 9.17) is 4.74 Å². The maximum absolute atomic E-state index is 5.46. The molecule has 0 unspecified atom stereocenters. The summed E-state index contributed by atoms with van der Waals surface area (Å²) < 4.78 is 5.46. The van der Waals surface area contributed by atoms with Crippen molar-refractivity contribution in [2.24, 2.45) is 0 Å². The molecule has 1 rings (SSSR count).